The minimum atomic E-state index is -0.297. The quantitative estimate of drug-likeness (QED) is 0.637. The summed E-state index contributed by atoms with van der Waals surface area (Å²) in [5.74, 6) is -0.297. The molecule has 0 saturated carbocycles. The van der Waals surface area contributed by atoms with E-state index in [-0.39, 0.29) is 5.97 Å². The summed E-state index contributed by atoms with van der Waals surface area (Å²) < 4.78 is 10.1. The van der Waals surface area contributed by atoms with Crippen LogP contribution in [0.3, 0.4) is 0 Å². The molecular weight excluding hydrogens is 218 g/mol. The van der Waals surface area contributed by atoms with Gasteiger partial charge in [-0.2, -0.15) is 0 Å². The molecule has 0 bridgehead atoms. The third kappa shape index (κ3) is 2.65. The standard InChI is InChI=1S/C13H15NO3/c1-16-8-3-9-17-13(15)11-5-2-4-10-6-7-14-12(10)11/h2,4-7,14H,3,8-9H2,1H3. The lowest BCUT2D eigenvalue weighted by Crippen LogP contribution is -2.08. The fourth-order valence-corrected chi connectivity index (χ4v) is 1.70. The number of aromatic amines is 1. The van der Waals surface area contributed by atoms with E-state index in [0.717, 1.165) is 10.9 Å². The molecule has 1 N–H and O–H groups in total. The minimum absolute atomic E-state index is 0.297. The molecule has 4 nitrogen and oxygen atoms in total. The number of rotatable bonds is 5. The first-order chi connectivity index (χ1) is 8.33. The zero-order chi connectivity index (χ0) is 12.1. The molecule has 1 heterocycles. The third-order valence-corrected chi connectivity index (χ3v) is 2.53. The van der Waals surface area contributed by atoms with Crippen LogP contribution in [0.25, 0.3) is 10.9 Å². The monoisotopic (exact) mass is 233 g/mol. The number of hydrogen-bond acceptors (Lipinski definition) is 3. The van der Waals surface area contributed by atoms with Crippen LogP contribution in [0.4, 0.5) is 0 Å². The molecule has 0 spiro atoms. The second kappa shape index (κ2) is 5.50. The lowest BCUT2D eigenvalue weighted by Gasteiger charge is -2.05. The van der Waals surface area contributed by atoms with Crippen molar-refractivity contribution >= 4 is 16.9 Å². The maximum atomic E-state index is 11.8. The van der Waals surface area contributed by atoms with Gasteiger partial charge in [-0.1, -0.05) is 12.1 Å². The number of fused-ring (bicyclic) bond motifs is 1. The second-order valence-corrected chi connectivity index (χ2v) is 3.73. The molecule has 0 aliphatic rings. The minimum Gasteiger partial charge on any atom is -0.462 e. The predicted octanol–water partition coefficient (Wildman–Crippen LogP) is 2.36. The van der Waals surface area contributed by atoms with Crippen molar-refractivity contribution in [3.8, 4) is 0 Å². The van der Waals surface area contributed by atoms with Gasteiger partial charge in [-0.05, 0) is 12.1 Å². The van der Waals surface area contributed by atoms with Gasteiger partial charge in [0.05, 0.1) is 17.7 Å². The molecule has 2 aromatic rings. The number of H-pyrrole nitrogens is 1. The van der Waals surface area contributed by atoms with Crippen molar-refractivity contribution in [1.82, 2.24) is 4.98 Å². The topological polar surface area (TPSA) is 51.3 Å². The molecule has 0 aliphatic heterocycles. The van der Waals surface area contributed by atoms with Crippen molar-refractivity contribution in [3.05, 3.63) is 36.0 Å². The molecule has 0 saturated heterocycles. The van der Waals surface area contributed by atoms with Crippen molar-refractivity contribution in [2.24, 2.45) is 0 Å². The number of esters is 1. The van der Waals surface area contributed by atoms with Crippen molar-refractivity contribution in [1.29, 1.82) is 0 Å². The maximum absolute atomic E-state index is 11.8. The molecule has 1 aromatic carbocycles. The number of methoxy groups -OCH3 is 1. The van der Waals surface area contributed by atoms with E-state index in [0.29, 0.717) is 25.2 Å². The number of nitrogens with one attached hydrogen (secondary N) is 1. The van der Waals surface area contributed by atoms with Gasteiger partial charge in [0.1, 0.15) is 0 Å². The average Bonchev–Trinajstić information content (AvgIpc) is 2.82. The Hall–Kier alpha value is -1.81. The van der Waals surface area contributed by atoms with Crippen LogP contribution in [0.2, 0.25) is 0 Å². The normalized spacial score (nSPS) is 10.6. The molecule has 0 aliphatic carbocycles. The van der Waals surface area contributed by atoms with E-state index in [9.17, 15) is 4.79 Å². The molecule has 1 aromatic heterocycles. The molecule has 0 fully saturated rings. The van der Waals surface area contributed by atoms with E-state index in [2.05, 4.69) is 4.98 Å². The van der Waals surface area contributed by atoms with Gasteiger partial charge in [0.25, 0.3) is 0 Å². The Morgan fingerprint density at radius 2 is 2.18 bits per heavy atom. The Balaban J connectivity index is 2.06. The summed E-state index contributed by atoms with van der Waals surface area (Å²) in [5, 5.41) is 1.01. The van der Waals surface area contributed by atoms with E-state index in [1.807, 2.05) is 24.4 Å². The molecule has 90 valence electrons. The van der Waals surface area contributed by atoms with Crippen LogP contribution < -0.4 is 0 Å². The molecule has 0 unspecified atom stereocenters. The highest BCUT2D eigenvalue weighted by molar-refractivity contribution is 6.02. The van der Waals surface area contributed by atoms with E-state index >= 15 is 0 Å². The summed E-state index contributed by atoms with van der Waals surface area (Å²) in [5.41, 5.74) is 1.40. The summed E-state index contributed by atoms with van der Waals surface area (Å²) in [6, 6.07) is 7.49. The zero-order valence-corrected chi connectivity index (χ0v) is 9.73. The first-order valence-corrected chi connectivity index (χ1v) is 5.55. The molecule has 2 rings (SSSR count). The molecule has 0 radical (unpaired) electrons. The number of aromatic nitrogens is 1. The predicted molar refractivity (Wildman–Crippen MR) is 65.1 cm³/mol. The zero-order valence-electron chi connectivity index (χ0n) is 9.73. The van der Waals surface area contributed by atoms with E-state index in [4.69, 9.17) is 9.47 Å². The van der Waals surface area contributed by atoms with Gasteiger partial charge in [0, 0.05) is 31.7 Å². The van der Waals surface area contributed by atoms with E-state index in [1.165, 1.54) is 0 Å². The van der Waals surface area contributed by atoms with Crippen LogP contribution in [0.1, 0.15) is 16.8 Å². The van der Waals surface area contributed by atoms with Crippen LogP contribution in [0.5, 0.6) is 0 Å². The van der Waals surface area contributed by atoms with Gasteiger partial charge in [0.15, 0.2) is 0 Å². The van der Waals surface area contributed by atoms with Crippen molar-refractivity contribution < 1.29 is 14.3 Å². The Morgan fingerprint density at radius 3 is 3.00 bits per heavy atom. The third-order valence-electron chi connectivity index (χ3n) is 2.53. The van der Waals surface area contributed by atoms with Crippen LogP contribution in [-0.2, 0) is 9.47 Å². The summed E-state index contributed by atoms with van der Waals surface area (Å²) >= 11 is 0. The Morgan fingerprint density at radius 1 is 1.29 bits per heavy atom. The molecule has 17 heavy (non-hydrogen) atoms. The Labute approximate surface area is 99.5 Å². The van der Waals surface area contributed by atoms with Gasteiger partial charge in [0.2, 0.25) is 0 Å². The number of hydrogen-bond donors (Lipinski definition) is 1. The van der Waals surface area contributed by atoms with Crippen LogP contribution in [-0.4, -0.2) is 31.3 Å². The molecule has 0 amide bonds. The van der Waals surface area contributed by atoms with Crippen molar-refractivity contribution in [2.45, 2.75) is 6.42 Å². The number of carbonyl (C=O) groups excluding carboxylic acids is 1. The van der Waals surface area contributed by atoms with Crippen LogP contribution >= 0.6 is 0 Å². The summed E-state index contributed by atoms with van der Waals surface area (Å²) in [6.07, 6.45) is 2.52. The fourth-order valence-electron chi connectivity index (χ4n) is 1.70. The smallest absolute Gasteiger partial charge is 0.340 e. The van der Waals surface area contributed by atoms with E-state index < -0.39 is 0 Å². The van der Waals surface area contributed by atoms with Crippen molar-refractivity contribution in [3.63, 3.8) is 0 Å². The SMILES string of the molecule is COCCCOC(=O)c1cccc2cc[nH]c12. The summed E-state index contributed by atoms with van der Waals surface area (Å²) in [4.78, 5) is 14.9. The van der Waals surface area contributed by atoms with Crippen LogP contribution in [0, 0.1) is 0 Å². The van der Waals surface area contributed by atoms with Gasteiger partial charge in [-0.15, -0.1) is 0 Å². The second-order valence-electron chi connectivity index (χ2n) is 3.73. The Kier molecular flexibility index (Phi) is 3.77. The van der Waals surface area contributed by atoms with Gasteiger partial charge in [-0.3, -0.25) is 0 Å². The average molecular weight is 233 g/mol. The van der Waals surface area contributed by atoms with Gasteiger partial charge in [-0.25, -0.2) is 4.79 Å². The molecular formula is C13H15NO3. The summed E-state index contributed by atoms with van der Waals surface area (Å²) in [6.45, 7) is 0.976. The number of benzene rings is 1. The van der Waals surface area contributed by atoms with Crippen LogP contribution in [0.15, 0.2) is 30.5 Å². The van der Waals surface area contributed by atoms with Crippen molar-refractivity contribution in [2.75, 3.05) is 20.3 Å². The number of carbonyl (C=O) groups is 1. The Bertz CT molecular complexity index is 504. The summed E-state index contributed by atoms with van der Waals surface area (Å²) in [7, 11) is 1.63. The van der Waals surface area contributed by atoms with Gasteiger partial charge < -0.3 is 14.5 Å². The number of ether oxygens (including phenoxy) is 2. The molecule has 0 atom stereocenters. The van der Waals surface area contributed by atoms with Gasteiger partial charge >= 0.3 is 5.97 Å². The largest absolute Gasteiger partial charge is 0.462 e. The highest BCUT2D eigenvalue weighted by atomic mass is 16.5. The highest BCUT2D eigenvalue weighted by Gasteiger charge is 2.11. The number of para-hydroxylation sites is 1. The highest BCUT2D eigenvalue weighted by Crippen LogP contribution is 2.17. The molecule has 4 heteroatoms. The van der Waals surface area contributed by atoms with E-state index in [1.54, 1.807) is 13.2 Å². The lowest BCUT2D eigenvalue weighted by molar-refractivity contribution is 0.0470. The lowest BCUT2D eigenvalue weighted by atomic mass is 10.1. The first-order valence-electron chi connectivity index (χ1n) is 5.55. The maximum Gasteiger partial charge on any atom is 0.340 e. The first kappa shape index (κ1) is 11.7. The fraction of sp³-hybridized carbons (Fsp3) is 0.308.